The summed E-state index contributed by atoms with van der Waals surface area (Å²) in [4.78, 5) is 0.332. The molecule has 0 amide bonds. The van der Waals surface area contributed by atoms with Crippen molar-refractivity contribution in [1.29, 1.82) is 0 Å². The highest BCUT2D eigenvalue weighted by atomic mass is 32.2. The SMILES string of the molecule is CCCCCN(C)S(=O)(=O)c1ccc(CN)cc1. The minimum atomic E-state index is -3.35. The average molecular weight is 270 g/mol. The zero-order valence-electron chi connectivity index (χ0n) is 11.1. The second-order valence-electron chi connectivity index (χ2n) is 4.38. The Balaban J connectivity index is 2.77. The normalized spacial score (nSPS) is 12.0. The van der Waals surface area contributed by atoms with Crippen LogP contribution in [0.3, 0.4) is 0 Å². The van der Waals surface area contributed by atoms with Crippen molar-refractivity contribution in [2.24, 2.45) is 5.73 Å². The van der Waals surface area contributed by atoms with Gasteiger partial charge in [-0.15, -0.1) is 0 Å². The number of benzene rings is 1. The molecule has 0 atom stereocenters. The molecule has 0 aliphatic carbocycles. The van der Waals surface area contributed by atoms with Crippen LogP contribution in [-0.4, -0.2) is 26.3 Å². The zero-order valence-corrected chi connectivity index (χ0v) is 11.9. The second kappa shape index (κ2) is 6.87. The highest BCUT2D eigenvalue weighted by Crippen LogP contribution is 2.15. The molecular formula is C13H22N2O2S. The predicted octanol–water partition coefficient (Wildman–Crippen LogP) is 1.96. The van der Waals surface area contributed by atoms with Crippen LogP contribution in [0.2, 0.25) is 0 Å². The minimum absolute atomic E-state index is 0.332. The van der Waals surface area contributed by atoms with Crippen LogP contribution in [0.5, 0.6) is 0 Å². The molecule has 0 unspecified atom stereocenters. The molecule has 102 valence electrons. The fourth-order valence-corrected chi connectivity index (χ4v) is 2.89. The Kier molecular flexibility index (Phi) is 5.78. The lowest BCUT2D eigenvalue weighted by atomic mass is 10.2. The van der Waals surface area contributed by atoms with Crippen molar-refractivity contribution in [3.05, 3.63) is 29.8 Å². The molecule has 5 heteroatoms. The first-order valence-corrected chi connectivity index (χ1v) is 7.71. The van der Waals surface area contributed by atoms with Crippen LogP contribution >= 0.6 is 0 Å². The highest BCUT2D eigenvalue weighted by molar-refractivity contribution is 7.89. The van der Waals surface area contributed by atoms with Crippen molar-refractivity contribution in [2.45, 2.75) is 37.6 Å². The molecule has 0 aliphatic rings. The van der Waals surface area contributed by atoms with Gasteiger partial charge in [-0.05, 0) is 24.1 Å². The van der Waals surface area contributed by atoms with E-state index in [1.807, 2.05) is 0 Å². The fourth-order valence-electron chi connectivity index (χ4n) is 1.68. The van der Waals surface area contributed by atoms with E-state index >= 15 is 0 Å². The lowest BCUT2D eigenvalue weighted by Crippen LogP contribution is -2.28. The van der Waals surface area contributed by atoms with E-state index in [4.69, 9.17) is 5.73 Å². The van der Waals surface area contributed by atoms with Crippen LogP contribution in [-0.2, 0) is 16.6 Å². The van der Waals surface area contributed by atoms with Gasteiger partial charge in [-0.2, -0.15) is 0 Å². The van der Waals surface area contributed by atoms with E-state index in [1.165, 1.54) is 4.31 Å². The van der Waals surface area contributed by atoms with Crippen LogP contribution in [0.1, 0.15) is 31.7 Å². The molecule has 0 saturated heterocycles. The maximum absolute atomic E-state index is 12.2. The number of sulfonamides is 1. The Labute approximate surface area is 110 Å². The van der Waals surface area contributed by atoms with Crippen LogP contribution in [0.15, 0.2) is 29.2 Å². The van der Waals surface area contributed by atoms with Crippen LogP contribution in [0, 0.1) is 0 Å². The summed E-state index contributed by atoms with van der Waals surface area (Å²) in [5.74, 6) is 0. The molecule has 1 aromatic rings. The van der Waals surface area contributed by atoms with Gasteiger partial charge in [-0.25, -0.2) is 12.7 Å². The van der Waals surface area contributed by atoms with Crippen molar-refractivity contribution in [1.82, 2.24) is 4.31 Å². The molecule has 0 fully saturated rings. The molecule has 2 N–H and O–H groups in total. The topological polar surface area (TPSA) is 63.4 Å². The number of hydrogen-bond donors (Lipinski definition) is 1. The maximum atomic E-state index is 12.2. The molecule has 0 aromatic heterocycles. The predicted molar refractivity (Wildman–Crippen MR) is 73.7 cm³/mol. The summed E-state index contributed by atoms with van der Waals surface area (Å²) in [6.07, 6.45) is 3.03. The third kappa shape index (κ3) is 3.80. The summed E-state index contributed by atoms with van der Waals surface area (Å²) < 4.78 is 25.9. The Morgan fingerprint density at radius 3 is 2.28 bits per heavy atom. The summed E-state index contributed by atoms with van der Waals surface area (Å²) in [6, 6.07) is 6.75. The molecule has 4 nitrogen and oxygen atoms in total. The minimum Gasteiger partial charge on any atom is -0.326 e. The number of nitrogens with zero attached hydrogens (tertiary/aromatic N) is 1. The van der Waals surface area contributed by atoms with Gasteiger partial charge in [0.25, 0.3) is 0 Å². The second-order valence-corrected chi connectivity index (χ2v) is 6.43. The van der Waals surface area contributed by atoms with Crippen molar-refractivity contribution >= 4 is 10.0 Å². The van der Waals surface area contributed by atoms with E-state index in [0.717, 1.165) is 24.8 Å². The summed E-state index contributed by atoms with van der Waals surface area (Å²) in [5, 5.41) is 0. The van der Waals surface area contributed by atoms with Gasteiger partial charge < -0.3 is 5.73 Å². The van der Waals surface area contributed by atoms with Crippen LogP contribution in [0.25, 0.3) is 0 Å². The molecule has 0 aliphatic heterocycles. The molecule has 0 radical (unpaired) electrons. The van der Waals surface area contributed by atoms with Crippen molar-refractivity contribution in [3.63, 3.8) is 0 Å². The molecule has 18 heavy (non-hydrogen) atoms. The zero-order chi connectivity index (χ0) is 13.6. The molecule has 1 rings (SSSR count). The van der Waals surface area contributed by atoms with Gasteiger partial charge >= 0.3 is 0 Å². The van der Waals surface area contributed by atoms with E-state index in [9.17, 15) is 8.42 Å². The Morgan fingerprint density at radius 1 is 1.17 bits per heavy atom. The molecule has 0 spiro atoms. The number of hydrogen-bond acceptors (Lipinski definition) is 3. The Bertz CT molecular complexity index is 454. The van der Waals surface area contributed by atoms with Gasteiger partial charge in [0.15, 0.2) is 0 Å². The van der Waals surface area contributed by atoms with Crippen molar-refractivity contribution < 1.29 is 8.42 Å². The first kappa shape index (κ1) is 15.1. The summed E-state index contributed by atoms with van der Waals surface area (Å²) in [6.45, 7) is 3.08. The largest absolute Gasteiger partial charge is 0.326 e. The summed E-state index contributed by atoms with van der Waals surface area (Å²) in [5.41, 5.74) is 6.42. The monoisotopic (exact) mass is 270 g/mol. The number of rotatable bonds is 7. The van der Waals surface area contributed by atoms with E-state index in [1.54, 1.807) is 31.3 Å². The lowest BCUT2D eigenvalue weighted by Gasteiger charge is -2.17. The fraction of sp³-hybridized carbons (Fsp3) is 0.538. The van der Waals surface area contributed by atoms with Crippen LogP contribution < -0.4 is 5.73 Å². The number of nitrogens with two attached hydrogens (primary N) is 1. The standard InChI is InChI=1S/C13H22N2O2S/c1-3-4-5-10-15(2)18(16,17)13-8-6-12(11-14)7-9-13/h6-9H,3-5,10-11,14H2,1-2H3. The van der Waals surface area contributed by atoms with Gasteiger partial charge in [0.2, 0.25) is 10.0 Å². The van der Waals surface area contributed by atoms with Gasteiger partial charge in [0.05, 0.1) is 4.90 Å². The van der Waals surface area contributed by atoms with Gasteiger partial charge in [0, 0.05) is 20.1 Å². The van der Waals surface area contributed by atoms with Crippen LogP contribution in [0.4, 0.5) is 0 Å². The Morgan fingerprint density at radius 2 is 1.78 bits per heavy atom. The maximum Gasteiger partial charge on any atom is 0.242 e. The highest BCUT2D eigenvalue weighted by Gasteiger charge is 2.19. The first-order valence-electron chi connectivity index (χ1n) is 6.27. The van der Waals surface area contributed by atoms with Gasteiger partial charge in [-0.3, -0.25) is 0 Å². The van der Waals surface area contributed by atoms with Gasteiger partial charge in [-0.1, -0.05) is 31.9 Å². The molecule has 0 bridgehead atoms. The van der Waals surface area contributed by atoms with Crippen molar-refractivity contribution in [3.8, 4) is 0 Å². The molecule has 0 heterocycles. The summed E-state index contributed by atoms with van der Waals surface area (Å²) in [7, 11) is -1.73. The lowest BCUT2D eigenvalue weighted by molar-refractivity contribution is 0.454. The van der Waals surface area contributed by atoms with E-state index in [0.29, 0.717) is 18.0 Å². The number of unbranched alkanes of at least 4 members (excludes halogenated alkanes) is 2. The first-order chi connectivity index (χ1) is 8.52. The quantitative estimate of drug-likeness (QED) is 0.770. The molecule has 0 saturated carbocycles. The van der Waals surface area contributed by atoms with E-state index in [-0.39, 0.29) is 0 Å². The van der Waals surface area contributed by atoms with Gasteiger partial charge in [0.1, 0.15) is 0 Å². The van der Waals surface area contributed by atoms with E-state index < -0.39 is 10.0 Å². The summed E-state index contributed by atoms with van der Waals surface area (Å²) >= 11 is 0. The third-order valence-corrected chi connectivity index (χ3v) is 4.81. The smallest absolute Gasteiger partial charge is 0.242 e. The Hall–Kier alpha value is -0.910. The third-order valence-electron chi connectivity index (χ3n) is 2.94. The van der Waals surface area contributed by atoms with E-state index in [2.05, 4.69) is 6.92 Å². The molecule has 1 aromatic carbocycles. The molecular weight excluding hydrogens is 248 g/mol. The van der Waals surface area contributed by atoms with Crippen molar-refractivity contribution in [2.75, 3.05) is 13.6 Å². The average Bonchev–Trinajstić information content (AvgIpc) is 2.39.